The Morgan fingerprint density at radius 1 is 0.935 bits per heavy atom. The second kappa shape index (κ2) is 7.21. The molecule has 0 saturated carbocycles. The van der Waals surface area contributed by atoms with Crippen LogP contribution in [0.1, 0.15) is 22.0 Å². The number of nitrogens with zero attached hydrogens (tertiary/aromatic N) is 4. The number of methoxy groups -OCH3 is 1. The highest BCUT2D eigenvalue weighted by molar-refractivity contribution is 7.16. The van der Waals surface area contributed by atoms with E-state index >= 15 is 0 Å². The zero-order chi connectivity index (χ0) is 20.8. The SMILES string of the molecule is COc1ccc2[nH]cc(Cc3nn4c(Cc5cccc6ccccc56)nnc4s3)c2c1. The number of hydrogen-bond acceptors (Lipinski definition) is 5. The predicted molar refractivity (Wildman–Crippen MR) is 123 cm³/mol. The van der Waals surface area contributed by atoms with E-state index in [1.54, 1.807) is 18.4 Å². The van der Waals surface area contributed by atoms with Crippen LogP contribution >= 0.6 is 11.3 Å². The van der Waals surface area contributed by atoms with E-state index in [2.05, 4.69) is 63.7 Å². The lowest BCUT2D eigenvalue weighted by Gasteiger charge is -2.04. The van der Waals surface area contributed by atoms with Crippen LogP contribution in [0.5, 0.6) is 5.75 Å². The van der Waals surface area contributed by atoms with Crippen molar-refractivity contribution < 1.29 is 4.74 Å². The minimum Gasteiger partial charge on any atom is -0.497 e. The Hall–Kier alpha value is -3.71. The smallest absolute Gasteiger partial charge is 0.234 e. The molecule has 0 aliphatic heterocycles. The van der Waals surface area contributed by atoms with Crippen molar-refractivity contribution in [2.45, 2.75) is 12.8 Å². The topological polar surface area (TPSA) is 68.1 Å². The second-order valence-electron chi connectivity index (χ2n) is 7.52. The van der Waals surface area contributed by atoms with Gasteiger partial charge in [-0.3, -0.25) is 0 Å². The van der Waals surface area contributed by atoms with Crippen molar-refractivity contribution in [2.24, 2.45) is 0 Å². The van der Waals surface area contributed by atoms with Gasteiger partial charge in [0.05, 0.1) is 7.11 Å². The summed E-state index contributed by atoms with van der Waals surface area (Å²) in [6, 6.07) is 20.9. The first kappa shape index (κ1) is 18.1. The maximum atomic E-state index is 5.39. The molecule has 7 heteroatoms. The van der Waals surface area contributed by atoms with Crippen molar-refractivity contribution in [1.29, 1.82) is 0 Å². The van der Waals surface area contributed by atoms with Crippen LogP contribution in [0.15, 0.2) is 66.9 Å². The van der Waals surface area contributed by atoms with Crippen molar-refractivity contribution in [3.05, 3.63) is 88.8 Å². The molecular weight excluding hydrogens is 406 g/mol. The van der Waals surface area contributed by atoms with E-state index in [-0.39, 0.29) is 0 Å². The second-order valence-corrected chi connectivity index (χ2v) is 8.56. The third-order valence-corrected chi connectivity index (χ3v) is 6.54. The average Bonchev–Trinajstić information content (AvgIpc) is 3.50. The number of benzene rings is 3. The first-order valence-electron chi connectivity index (χ1n) is 10.1. The number of ether oxygens (including phenoxy) is 1. The van der Waals surface area contributed by atoms with Crippen molar-refractivity contribution >= 4 is 38.0 Å². The Bertz CT molecular complexity index is 1540. The molecular formula is C24H19N5OS. The normalized spacial score (nSPS) is 11.6. The van der Waals surface area contributed by atoms with E-state index in [4.69, 9.17) is 9.84 Å². The zero-order valence-electron chi connectivity index (χ0n) is 16.9. The molecule has 152 valence electrons. The van der Waals surface area contributed by atoms with Gasteiger partial charge < -0.3 is 9.72 Å². The maximum absolute atomic E-state index is 5.39. The molecule has 6 aromatic rings. The highest BCUT2D eigenvalue weighted by Crippen LogP contribution is 2.27. The van der Waals surface area contributed by atoms with Crippen LogP contribution in [0.3, 0.4) is 0 Å². The van der Waals surface area contributed by atoms with E-state index in [0.29, 0.717) is 6.42 Å². The fourth-order valence-electron chi connectivity index (χ4n) is 4.09. The molecule has 0 fully saturated rings. The molecule has 0 spiro atoms. The number of aromatic nitrogens is 5. The van der Waals surface area contributed by atoms with Gasteiger partial charge >= 0.3 is 0 Å². The number of rotatable bonds is 5. The molecule has 3 aromatic carbocycles. The molecule has 3 heterocycles. The summed E-state index contributed by atoms with van der Waals surface area (Å²) in [5.41, 5.74) is 3.51. The quantitative estimate of drug-likeness (QED) is 0.422. The van der Waals surface area contributed by atoms with E-state index in [0.717, 1.165) is 38.9 Å². The Kier molecular flexibility index (Phi) is 4.21. The van der Waals surface area contributed by atoms with Crippen LogP contribution in [0.2, 0.25) is 0 Å². The third kappa shape index (κ3) is 3.14. The molecule has 3 aromatic heterocycles. The largest absolute Gasteiger partial charge is 0.497 e. The van der Waals surface area contributed by atoms with Crippen molar-refractivity contribution in [1.82, 2.24) is 24.8 Å². The Balaban J connectivity index is 1.34. The van der Waals surface area contributed by atoms with E-state index in [1.807, 2.05) is 22.8 Å². The number of H-pyrrole nitrogens is 1. The fraction of sp³-hybridized carbons (Fsp3) is 0.125. The van der Waals surface area contributed by atoms with E-state index in [9.17, 15) is 0 Å². The molecule has 31 heavy (non-hydrogen) atoms. The molecule has 0 atom stereocenters. The number of fused-ring (bicyclic) bond motifs is 3. The summed E-state index contributed by atoms with van der Waals surface area (Å²) in [6.07, 6.45) is 3.47. The summed E-state index contributed by atoms with van der Waals surface area (Å²) in [5, 5.41) is 18.3. The number of hydrogen-bond donors (Lipinski definition) is 1. The van der Waals surface area contributed by atoms with Gasteiger partial charge in [0.2, 0.25) is 4.96 Å². The van der Waals surface area contributed by atoms with Gasteiger partial charge in [0.1, 0.15) is 10.8 Å². The highest BCUT2D eigenvalue weighted by Gasteiger charge is 2.15. The molecule has 1 N–H and O–H groups in total. The van der Waals surface area contributed by atoms with Crippen LogP contribution in [0, 0.1) is 0 Å². The Labute approximate surface area is 182 Å². The van der Waals surface area contributed by atoms with Gasteiger partial charge in [-0.05, 0) is 40.1 Å². The minimum absolute atomic E-state index is 0.690. The molecule has 6 rings (SSSR count). The first-order chi connectivity index (χ1) is 15.3. The third-order valence-electron chi connectivity index (χ3n) is 5.64. The molecule has 0 saturated heterocycles. The zero-order valence-corrected chi connectivity index (χ0v) is 17.7. The van der Waals surface area contributed by atoms with Gasteiger partial charge in [0.15, 0.2) is 5.82 Å². The molecule has 0 aliphatic carbocycles. The summed E-state index contributed by atoms with van der Waals surface area (Å²) in [4.78, 5) is 4.16. The Morgan fingerprint density at radius 3 is 2.77 bits per heavy atom. The van der Waals surface area contributed by atoms with Gasteiger partial charge in [-0.2, -0.15) is 9.61 Å². The van der Waals surface area contributed by atoms with Crippen LogP contribution < -0.4 is 4.74 Å². The molecule has 0 amide bonds. The van der Waals surface area contributed by atoms with Gasteiger partial charge in [-0.15, -0.1) is 10.2 Å². The van der Waals surface area contributed by atoms with Crippen molar-refractivity contribution in [2.75, 3.05) is 7.11 Å². The van der Waals surface area contributed by atoms with Gasteiger partial charge in [0, 0.05) is 29.9 Å². The van der Waals surface area contributed by atoms with Crippen LogP contribution in [0.25, 0.3) is 26.6 Å². The first-order valence-corrected chi connectivity index (χ1v) is 10.9. The lowest BCUT2D eigenvalue weighted by Crippen LogP contribution is -1.99. The molecule has 0 radical (unpaired) electrons. The molecule has 0 bridgehead atoms. The van der Waals surface area contributed by atoms with Gasteiger partial charge in [0.25, 0.3) is 0 Å². The highest BCUT2D eigenvalue weighted by atomic mass is 32.1. The lowest BCUT2D eigenvalue weighted by atomic mass is 10.0. The minimum atomic E-state index is 0.690. The summed E-state index contributed by atoms with van der Waals surface area (Å²) >= 11 is 1.58. The van der Waals surface area contributed by atoms with Crippen LogP contribution in [-0.2, 0) is 12.8 Å². The fourth-order valence-corrected chi connectivity index (χ4v) is 4.96. The number of aromatic amines is 1. The van der Waals surface area contributed by atoms with Gasteiger partial charge in [-0.25, -0.2) is 0 Å². The standard InChI is InChI=1S/C24H19N5OS/c1-30-18-9-10-21-20(13-18)17(14-25-21)12-23-28-29-22(26-27-24(29)31-23)11-16-7-4-6-15-5-2-3-8-19(15)16/h2-10,13-14,25H,11-12H2,1H3. The number of nitrogens with one attached hydrogen (secondary N) is 1. The van der Waals surface area contributed by atoms with E-state index < -0.39 is 0 Å². The summed E-state index contributed by atoms with van der Waals surface area (Å²) in [7, 11) is 1.69. The van der Waals surface area contributed by atoms with Crippen molar-refractivity contribution in [3.63, 3.8) is 0 Å². The van der Waals surface area contributed by atoms with E-state index in [1.165, 1.54) is 21.9 Å². The summed E-state index contributed by atoms with van der Waals surface area (Å²) in [5.74, 6) is 1.71. The monoisotopic (exact) mass is 425 g/mol. The van der Waals surface area contributed by atoms with Gasteiger partial charge in [-0.1, -0.05) is 53.8 Å². The average molecular weight is 426 g/mol. The maximum Gasteiger partial charge on any atom is 0.234 e. The van der Waals surface area contributed by atoms with Crippen molar-refractivity contribution in [3.8, 4) is 5.75 Å². The van der Waals surface area contributed by atoms with Crippen LogP contribution in [0.4, 0.5) is 0 Å². The summed E-state index contributed by atoms with van der Waals surface area (Å²) < 4.78 is 7.27. The molecule has 6 nitrogen and oxygen atoms in total. The molecule has 0 aliphatic rings. The van der Waals surface area contributed by atoms with Crippen LogP contribution in [-0.4, -0.2) is 31.9 Å². The lowest BCUT2D eigenvalue weighted by molar-refractivity contribution is 0.415. The Morgan fingerprint density at radius 2 is 1.84 bits per heavy atom. The molecule has 0 unspecified atom stereocenters. The summed E-state index contributed by atoms with van der Waals surface area (Å²) in [6.45, 7) is 0. The predicted octanol–water partition coefficient (Wildman–Crippen LogP) is 5.01.